The molecule has 0 saturated heterocycles. The van der Waals surface area contributed by atoms with E-state index in [1.807, 2.05) is 18.2 Å². The van der Waals surface area contributed by atoms with Gasteiger partial charge in [0.15, 0.2) is 0 Å². The number of rotatable bonds is 8. The minimum atomic E-state index is -0.669. The molecule has 0 atom stereocenters. The van der Waals surface area contributed by atoms with Gasteiger partial charge in [0, 0.05) is 16.7 Å². The Balaban J connectivity index is 1.91. The summed E-state index contributed by atoms with van der Waals surface area (Å²) in [5.41, 5.74) is 2.81. The first-order chi connectivity index (χ1) is 12.6. The summed E-state index contributed by atoms with van der Waals surface area (Å²) in [7, 11) is 2.85. The van der Waals surface area contributed by atoms with E-state index in [9.17, 15) is 4.79 Å². The second-order valence-electron chi connectivity index (χ2n) is 4.92. The fourth-order valence-corrected chi connectivity index (χ4v) is 2.13. The SMILES string of the molecule is COC(=O)N/N=C\c1cc(Cl)ccc1OCCOc1cccc(OC)c1. The number of benzene rings is 2. The summed E-state index contributed by atoms with van der Waals surface area (Å²) in [6.07, 6.45) is 0.749. The Labute approximate surface area is 156 Å². The van der Waals surface area contributed by atoms with Crippen LogP contribution in [0.1, 0.15) is 5.56 Å². The molecule has 1 N–H and O–H groups in total. The molecule has 0 unspecified atom stereocenters. The highest BCUT2D eigenvalue weighted by Crippen LogP contribution is 2.22. The van der Waals surface area contributed by atoms with Crippen LogP contribution in [0.25, 0.3) is 0 Å². The number of nitrogens with one attached hydrogen (secondary N) is 1. The molecule has 0 fully saturated rings. The molecule has 0 aliphatic carbocycles. The molecular formula is C18H19ClN2O5. The average Bonchev–Trinajstić information content (AvgIpc) is 2.66. The van der Waals surface area contributed by atoms with Crippen LogP contribution in [-0.4, -0.2) is 39.7 Å². The number of methoxy groups -OCH3 is 2. The first kappa shape index (κ1) is 19.4. The molecule has 0 heterocycles. The number of amides is 1. The maximum absolute atomic E-state index is 11.0. The van der Waals surface area contributed by atoms with Crippen molar-refractivity contribution < 1.29 is 23.7 Å². The highest BCUT2D eigenvalue weighted by Gasteiger charge is 2.04. The average molecular weight is 379 g/mol. The Morgan fingerprint density at radius 2 is 1.88 bits per heavy atom. The van der Waals surface area contributed by atoms with Crippen molar-refractivity contribution in [2.45, 2.75) is 0 Å². The summed E-state index contributed by atoms with van der Waals surface area (Å²) in [6, 6.07) is 12.4. The normalized spacial score (nSPS) is 10.4. The van der Waals surface area contributed by atoms with Gasteiger partial charge in [0.2, 0.25) is 0 Å². The van der Waals surface area contributed by atoms with E-state index in [0.29, 0.717) is 35.3 Å². The zero-order valence-electron chi connectivity index (χ0n) is 14.4. The molecule has 0 aliphatic rings. The van der Waals surface area contributed by atoms with Crippen molar-refractivity contribution >= 4 is 23.9 Å². The second kappa shape index (κ2) is 10.1. The summed E-state index contributed by atoms with van der Waals surface area (Å²) < 4.78 is 20.9. The first-order valence-corrected chi connectivity index (χ1v) is 8.06. The summed E-state index contributed by atoms with van der Waals surface area (Å²) in [4.78, 5) is 11.0. The van der Waals surface area contributed by atoms with Crippen LogP contribution >= 0.6 is 11.6 Å². The van der Waals surface area contributed by atoms with Crippen molar-refractivity contribution in [1.29, 1.82) is 0 Å². The Hall–Kier alpha value is -2.93. The summed E-state index contributed by atoms with van der Waals surface area (Å²) in [6.45, 7) is 0.650. The molecule has 0 saturated carbocycles. The van der Waals surface area contributed by atoms with Gasteiger partial charge in [0.25, 0.3) is 0 Å². The minimum Gasteiger partial charge on any atom is -0.497 e. The number of ether oxygens (including phenoxy) is 4. The smallest absolute Gasteiger partial charge is 0.427 e. The molecule has 0 aromatic heterocycles. The molecule has 8 heteroatoms. The van der Waals surface area contributed by atoms with Crippen LogP contribution in [0.3, 0.4) is 0 Å². The van der Waals surface area contributed by atoms with Crippen LogP contribution in [0.15, 0.2) is 47.6 Å². The van der Waals surface area contributed by atoms with Crippen LogP contribution in [0.5, 0.6) is 17.2 Å². The lowest BCUT2D eigenvalue weighted by atomic mass is 10.2. The van der Waals surface area contributed by atoms with E-state index in [4.69, 9.17) is 25.8 Å². The Kier molecular flexibility index (Phi) is 7.57. The van der Waals surface area contributed by atoms with E-state index in [1.165, 1.54) is 13.3 Å². The lowest BCUT2D eigenvalue weighted by Gasteiger charge is -2.11. The Morgan fingerprint density at radius 3 is 2.65 bits per heavy atom. The van der Waals surface area contributed by atoms with Gasteiger partial charge in [0.1, 0.15) is 30.5 Å². The van der Waals surface area contributed by atoms with E-state index < -0.39 is 6.09 Å². The monoisotopic (exact) mass is 378 g/mol. The van der Waals surface area contributed by atoms with Crippen LogP contribution in [0.2, 0.25) is 5.02 Å². The summed E-state index contributed by atoms with van der Waals surface area (Å²) >= 11 is 5.99. The van der Waals surface area contributed by atoms with Gasteiger partial charge in [-0.1, -0.05) is 17.7 Å². The molecule has 2 aromatic carbocycles. The molecule has 2 rings (SSSR count). The fourth-order valence-electron chi connectivity index (χ4n) is 1.95. The molecule has 7 nitrogen and oxygen atoms in total. The van der Waals surface area contributed by atoms with Gasteiger partial charge >= 0.3 is 6.09 Å². The van der Waals surface area contributed by atoms with Crippen LogP contribution in [0, 0.1) is 0 Å². The fraction of sp³-hybridized carbons (Fsp3) is 0.222. The molecule has 0 spiro atoms. The van der Waals surface area contributed by atoms with Gasteiger partial charge in [-0.05, 0) is 30.3 Å². The quantitative estimate of drug-likeness (QED) is 0.432. The number of carbonyl (C=O) groups is 1. The van der Waals surface area contributed by atoms with Gasteiger partial charge in [-0.2, -0.15) is 5.10 Å². The van der Waals surface area contributed by atoms with Gasteiger partial charge in [0.05, 0.1) is 20.4 Å². The predicted molar refractivity (Wildman–Crippen MR) is 98.6 cm³/mol. The van der Waals surface area contributed by atoms with Crippen molar-refractivity contribution in [1.82, 2.24) is 5.43 Å². The lowest BCUT2D eigenvalue weighted by molar-refractivity contribution is 0.171. The maximum atomic E-state index is 11.0. The molecule has 1 amide bonds. The number of hydrazone groups is 1. The molecule has 0 radical (unpaired) electrons. The third-order valence-electron chi connectivity index (χ3n) is 3.17. The highest BCUT2D eigenvalue weighted by atomic mass is 35.5. The number of nitrogens with zero attached hydrogens (tertiary/aromatic N) is 1. The van der Waals surface area contributed by atoms with Crippen LogP contribution in [-0.2, 0) is 4.74 Å². The second-order valence-corrected chi connectivity index (χ2v) is 5.36. The van der Waals surface area contributed by atoms with Crippen molar-refractivity contribution in [3.8, 4) is 17.2 Å². The molecular weight excluding hydrogens is 360 g/mol. The summed E-state index contributed by atoms with van der Waals surface area (Å²) in [5, 5.41) is 4.29. The largest absolute Gasteiger partial charge is 0.497 e. The zero-order valence-corrected chi connectivity index (χ0v) is 15.2. The first-order valence-electron chi connectivity index (χ1n) is 7.68. The van der Waals surface area contributed by atoms with Gasteiger partial charge in [-0.3, -0.25) is 0 Å². The van der Waals surface area contributed by atoms with Crippen molar-refractivity contribution in [3.05, 3.63) is 53.1 Å². The van der Waals surface area contributed by atoms with Gasteiger partial charge < -0.3 is 18.9 Å². The third-order valence-corrected chi connectivity index (χ3v) is 3.40. The van der Waals surface area contributed by atoms with Crippen molar-refractivity contribution in [2.24, 2.45) is 5.10 Å². The van der Waals surface area contributed by atoms with Crippen LogP contribution in [0.4, 0.5) is 4.79 Å². The number of carbonyl (C=O) groups excluding carboxylic acids is 1. The van der Waals surface area contributed by atoms with E-state index in [2.05, 4.69) is 15.3 Å². The van der Waals surface area contributed by atoms with Crippen molar-refractivity contribution in [2.75, 3.05) is 27.4 Å². The number of hydrogen-bond acceptors (Lipinski definition) is 6. The standard InChI is InChI=1S/C18H19ClN2O5/c1-23-15-4-3-5-16(11-15)25-8-9-26-17-7-6-14(19)10-13(17)12-20-21-18(22)24-2/h3-7,10-12H,8-9H2,1-2H3,(H,21,22)/b20-12-. The molecule has 0 aliphatic heterocycles. The van der Waals surface area contributed by atoms with Gasteiger partial charge in [-0.25, -0.2) is 10.2 Å². The molecule has 138 valence electrons. The maximum Gasteiger partial charge on any atom is 0.427 e. The molecule has 26 heavy (non-hydrogen) atoms. The third kappa shape index (κ3) is 6.18. The highest BCUT2D eigenvalue weighted by molar-refractivity contribution is 6.30. The Morgan fingerprint density at radius 1 is 1.12 bits per heavy atom. The lowest BCUT2D eigenvalue weighted by Crippen LogP contribution is -2.17. The van der Waals surface area contributed by atoms with E-state index in [-0.39, 0.29) is 0 Å². The molecule has 0 bridgehead atoms. The topological polar surface area (TPSA) is 78.4 Å². The Bertz CT molecular complexity index is 767. The molecule has 2 aromatic rings. The van der Waals surface area contributed by atoms with E-state index in [0.717, 1.165) is 5.75 Å². The summed E-state index contributed by atoms with van der Waals surface area (Å²) in [5.74, 6) is 1.96. The number of halogens is 1. The number of hydrogen-bond donors (Lipinski definition) is 1. The predicted octanol–water partition coefficient (Wildman–Crippen LogP) is 3.50. The van der Waals surface area contributed by atoms with E-state index >= 15 is 0 Å². The van der Waals surface area contributed by atoms with Gasteiger partial charge in [-0.15, -0.1) is 0 Å². The zero-order chi connectivity index (χ0) is 18.8. The minimum absolute atomic E-state index is 0.310. The van der Waals surface area contributed by atoms with E-state index in [1.54, 1.807) is 31.4 Å². The van der Waals surface area contributed by atoms with Crippen LogP contribution < -0.4 is 19.6 Å². The van der Waals surface area contributed by atoms with Crippen molar-refractivity contribution in [3.63, 3.8) is 0 Å².